The molecule has 0 aliphatic heterocycles. The van der Waals surface area contributed by atoms with Crippen LogP contribution in [0.4, 0.5) is 4.39 Å². The fraction of sp³-hybridized carbons (Fsp3) is 0.300. The number of hydrogen-bond acceptors (Lipinski definition) is 2. The van der Waals surface area contributed by atoms with E-state index < -0.39 is 5.82 Å². The van der Waals surface area contributed by atoms with E-state index in [1.54, 1.807) is 7.05 Å². The molecule has 0 heterocycles. The molecule has 0 saturated heterocycles. The molecule has 1 amide bonds. The Balaban J connectivity index is 2.96. The van der Waals surface area contributed by atoms with Gasteiger partial charge in [-0.3, -0.25) is 4.79 Å². The number of carbonyl (C=O) groups excluding carboxylic acids is 1. The highest BCUT2D eigenvalue weighted by Crippen LogP contribution is 2.21. The zero-order chi connectivity index (χ0) is 11.4. The number of aliphatic hydroxyl groups excluding tert-OH is 1. The Hall–Kier alpha value is -0.940. The summed E-state index contributed by atoms with van der Waals surface area (Å²) in [6.07, 6.45) is 0. The highest BCUT2D eigenvalue weighted by molar-refractivity contribution is 9.10. The van der Waals surface area contributed by atoms with E-state index in [0.717, 1.165) is 0 Å². The summed E-state index contributed by atoms with van der Waals surface area (Å²) in [5.41, 5.74) is 0.256. The van der Waals surface area contributed by atoms with E-state index in [4.69, 9.17) is 5.11 Å². The highest BCUT2D eigenvalue weighted by atomic mass is 79.9. The zero-order valence-electron chi connectivity index (χ0n) is 8.20. The average Bonchev–Trinajstić information content (AvgIpc) is 2.21. The Labute approximate surface area is 95.6 Å². The highest BCUT2D eigenvalue weighted by Gasteiger charge is 2.16. The van der Waals surface area contributed by atoms with Gasteiger partial charge < -0.3 is 10.0 Å². The molecule has 1 rings (SSSR count). The van der Waals surface area contributed by atoms with E-state index in [-0.39, 0.29) is 29.1 Å². The first-order valence-electron chi connectivity index (χ1n) is 4.38. The molecule has 0 saturated carbocycles. The van der Waals surface area contributed by atoms with E-state index in [9.17, 15) is 9.18 Å². The number of halogens is 2. The van der Waals surface area contributed by atoms with Crippen molar-refractivity contribution < 1.29 is 14.3 Å². The standard InChI is InChI=1S/C10H11BrFNO2/c1-13(5-6-14)10(15)7-3-2-4-8(12)9(7)11/h2-4,14H,5-6H2,1H3. The number of benzene rings is 1. The molecule has 0 fully saturated rings. The van der Waals surface area contributed by atoms with Crippen molar-refractivity contribution in [2.75, 3.05) is 20.2 Å². The zero-order valence-corrected chi connectivity index (χ0v) is 9.79. The van der Waals surface area contributed by atoms with E-state index in [2.05, 4.69) is 15.9 Å². The summed E-state index contributed by atoms with van der Waals surface area (Å²) in [5, 5.41) is 8.68. The number of aliphatic hydroxyl groups is 1. The van der Waals surface area contributed by atoms with Crippen LogP contribution in [-0.4, -0.2) is 36.1 Å². The molecule has 0 aliphatic rings. The summed E-state index contributed by atoms with van der Waals surface area (Å²) >= 11 is 3.02. The van der Waals surface area contributed by atoms with E-state index in [1.807, 2.05) is 0 Å². The third-order valence-electron chi connectivity index (χ3n) is 1.96. The molecule has 5 heteroatoms. The fourth-order valence-corrected chi connectivity index (χ4v) is 1.56. The van der Waals surface area contributed by atoms with Crippen LogP contribution in [0.3, 0.4) is 0 Å². The first-order valence-corrected chi connectivity index (χ1v) is 5.17. The summed E-state index contributed by atoms with van der Waals surface area (Å²) in [7, 11) is 1.55. The van der Waals surface area contributed by atoms with Crippen LogP contribution in [0.15, 0.2) is 22.7 Å². The molecule has 3 nitrogen and oxygen atoms in total. The molecule has 82 valence electrons. The Kier molecular flexibility index (Phi) is 4.23. The number of rotatable bonds is 3. The minimum absolute atomic E-state index is 0.116. The van der Waals surface area contributed by atoms with Gasteiger partial charge in [-0.05, 0) is 28.1 Å². The third kappa shape index (κ3) is 2.76. The van der Waals surface area contributed by atoms with Gasteiger partial charge in [0.05, 0.1) is 16.6 Å². The third-order valence-corrected chi connectivity index (χ3v) is 2.77. The van der Waals surface area contributed by atoms with Gasteiger partial charge in [0.15, 0.2) is 0 Å². The van der Waals surface area contributed by atoms with Gasteiger partial charge in [0, 0.05) is 13.6 Å². The van der Waals surface area contributed by atoms with Crippen molar-refractivity contribution in [1.29, 1.82) is 0 Å². The van der Waals surface area contributed by atoms with Crippen molar-refractivity contribution in [3.8, 4) is 0 Å². The Morgan fingerprint density at radius 2 is 2.27 bits per heavy atom. The normalized spacial score (nSPS) is 10.1. The molecule has 0 aliphatic carbocycles. The maximum absolute atomic E-state index is 13.1. The van der Waals surface area contributed by atoms with E-state index >= 15 is 0 Å². The predicted molar refractivity (Wildman–Crippen MR) is 58.1 cm³/mol. The summed E-state index contributed by atoms with van der Waals surface area (Å²) in [4.78, 5) is 13.1. The molecular weight excluding hydrogens is 265 g/mol. The number of hydrogen-bond donors (Lipinski definition) is 1. The quantitative estimate of drug-likeness (QED) is 0.912. The van der Waals surface area contributed by atoms with Crippen LogP contribution in [0.25, 0.3) is 0 Å². The molecule has 0 spiro atoms. The number of carbonyl (C=O) groups is 1. The first kappa shape index (κ1) is 12.1. The lowest BCUT2D eigenvalue weighted by molar-refractivity contribution is 0.0765. The monoisotopic (exact) mass is 275 g/mol. The fourth-order valence-electron chi connectivity index (χ4n) is 1.13. The maximum Gasteiger partial charge on any atom is 0.254 e. The predicted octanol–water partition coefficient (Wildman–Crippen LogP) is 1.65. The molecule has 0 atom stereocenters. The van der Waals surface area contributed by atoms with Crippen LogP contribution in [0, 0.1) is 5.82 Å². The van der Waals surface area contributed by atoms with Gasteiger partial charge in [0.25, 0.3) is 5.91 Å². The molecule has 0 radical (unpaired) electrons. The summed E-state index contributed by atoms with van der Waals surface area (Å²) in [6.45, 7) is 0.108. The Bertz CT molecular complexity index is 370. The Morgan fingerprint density at radius 1 is 1.60 bits per heavy atom. The Morgan fingerprint density at radius 3 is 2.87 bits per heavy atom. The minimum atomic E-state index is -0.474. The lowest BCUT2D eigenvalue weighted by atomic mass is 10.2. The van der Waals surface area contributed by atoms with Crippen LogP contribution in [0.2, 0.25) is 0 Å². The second-order valence-corrected chi connectivity index (χ2v) is 3.84. The second-order valence-electron chi connectivity index (χ2n) is 3.05. The van der Waals surface area contributed by atoms with Gasteiger partial charge in [0.1, 0.15) is 5.82 Å². The van der Waals surface area contributed by atoms with Gasteiger partial charge in [-0.2, -0.15) is 0 Å². The summed E-state index contributed by atoms with van der Waals surface area (Å²) in [5.74, 6) is -0.798. The molecule has 0 aromatic heterocycles. The molecule has 0 bridgehead atoms. The van der Waals surface area contributed by atoms with Gasteiger partial charge in [-0.1, -0.05) is 6.07 Å². The van der Waals surface area contributed by atoms with Crippen LogP contribution in [0.5, 0.6) is 0 Å². The summed E-state index contributed by atoms with van der Waals surface area (Å²) < 4.78 is 13.3. The molecular formula is C10H11BrFNO2. The van der Waals surface area contributed by atoms with Crippen molar-refractivity contribution in [2.24, 2.45) is 0 Å². The molecule has 1 aromatic rings. The van der Waals surface area contributed by atoms with Crippen LogP contribution in [0.1, 0.15) is 10.4 Å². The van der Waals surface area contributed by atoms with Crippen molar-refractivity contribution in [1.82, 2.24) is 4.90 Å². The first-order chi connectivity index (χ1) is 7.07. The van der Waals surface area contributed by atoms with Crippen molar-refractivity contribution in [2.45, 2.75) is 0 Å². The lowest BCUT2D eigenvalue weighted by Gasteiger charge is -2.16. The van der Waals surface area contributed by atoms with E-state index in [1.165, 1.54) is 23.1 Å². The minimum Gasteiger partial charge on any atom is -0.395 e. The van der Waals surface area contributed by atoms with Crippen LogP contribution >= 0.6 is 15.9 Å². The number of amides is 1. The van der Waals surface area contributed by atoms with Crippen LogP contribution in [-0.2, 0) is 0 Å². The van der Waals surface area contributed by atoms with Gasteiger partial charge in [-0.15, -0.1) is 0 Å². The number of likely N-dealkylation sites (N-methyl/N-ethyl adjacent to an activating group) is 1. The lowest BCUT2D eigenvalue weighted by Crippen LogP contribution is -2.29. The second kappa shape index (κ2) is 5.23. The van der Waals surface area contributed by atoms with Crippen molar-refractivity contribution in [3.63, 3.8) is 0 Å². The summed E-state index contributed by atoms with van der Waals surface area (Å²) in [6, 6.07) is 4.27. The molecule has 0 unspecified atom stereocenters. The van der Waals surface area contributed by atoms with Crippen LogP contribution < -0.4 is 0 Å². The number of nitrogens with zero attached hydrogens (tertiary/aromatic N) is 1. The average molecular weight is 276 g/mol. The SMILES string of the molecule is CN(CCO)C(=O)c1cccc(F)c1Br. The topological polar surface area (TPSA) is 40.5 Å². The molecule has 1 aromatic carbocycles. The van der Waals surface area contributed by atoms with Crippen molar-refractivity contribution >= 4 is 21.8 Å². The van der Waals surface area contributed by atoms with Gasteiger partial charge in [0.2, 0.25) is 0 Å². The van der Waals surface area contributed by atoms with Crippen molar-refractivity contribution in [3.05, 3.63) is 34.1 Å². The smallest absolute Gasteiger partial charge is 0.254 e. The molecule has 1 N–H and O–H groups in total. The maximum atomic E-state index is 13.1. The van der Waals surface area contributed by atoms with Gasteiger partial charge >= 0.3 is 0 Å². The molecule has 15 heavy (non-hydrogen) atoms. The van der Waals surface area contributed by atoms with E-state index in [0.29, 0.717) is 0 Å². The van der Waals surface area contributed by atoms with Gasteiger partial charge in [-0.25, -0.2) is 4.39 Å². The largest absolute Gasteiger partial charge is 0.395 e.